The maximum atomic E-state index is 12.0. The summed E-state index contributed by atoms with van der Waals surface area (Å²) in [5, 5.41) is 17.4. The van der Waals surface area contributed by atoms with E-state index in [-0.39, 0.29) is 12.5 Å². The van der Waals surface area contributed by atoms with Gasteiger partial charge in [0.25, 0.3) is 5.91 Å². The van der Waals surface area contributed by atoms with Crippen LogP contribution in [0.25, 0.3) is 0 Å². The number of aliphatic hydroxyl groups is 1. The summed E-state index contributed by atoms with van der Waals surface area (Å²) in [5.74, 6) is 5.67. The molecule has 0 aliphatic carbocycles. The van der Waals surface area contributed by atoms with Crippen molar-refractivity contribution in [2.45, 2.75) is 12.8 Å². The highest BCUT2D eigenvalue weighted by Gasteiger charge is 2.07. The number of aryl methyl sites for hydroxylation is 1. The van der Waals surface area contributed by atoms with Crippen LogP contribution < -0.4 is 5.32 Å². The van der Waals surface area contributed by atoms with E-state index >= 15 is 0 Å². The third-order valence-corrected chi connectivity index (χ3v) is 3.61. The minimum Gasteiger partial charge on any atom is -0.395 e. The molecular formula is C15H17N3O2S. The van der Waals surface area contributed by atoms with E-state index in [9.17, 15) is 4.79 Å². The Morgan fingerprint density at radius 2 is 2.43 bits per heavy atom. The Bertz CT molecular complexity index is 664. The summed E-state index contributed by atoms with van der Waals surface area (Å²) >= 11 is 1.43. The lowest BCUT2D eigenvalue weighted by molar-refractivity contribution is 0.0954. The Kier molecular flexibility index (Phi) is 5.55. The molecule has 5 nitrogen and oxygen atoms in total. The van der Waals surface area contributed by atoms with Gasteiger partial charge in [0.1, 0.15) is 0 Å². The van der Waals surface area contributed by atoms with Crippen molar-refractivity contribution in [1.82, 2.24) is 15.1 Å². The number of hydrogen-bond donors (Lipinski definition) is 2. The SMILES string of the molecule is Cn1cc(CCNC(=O)c2csc(C#CCCO)c2)cn1. The first-order valence-corrected chi connectivity index (χ1v) is 7.51. The van der Waals surface area contributed by atoms with Crippen LogP contribution >= 0.6 is 11.3 Å². The summed E-state index contributed by atoms with van der Waals surface area (Å²) in [4.78, 5) is 12.8. The smallest absolute Gasteiger partial charge is 0.252 e. The molecule has 2 aromatic rings. The first kappa shape index (κ1) is 15.3. The first-order valence-electron chi connectivity index (χ1n) is 6.63. The number of nitrogens with one attached hydrogen (secondary N) is 1. The Labute approximate surface area is 127 Å². The quantitative estimate of drug-likeness (QED) is 0.815. The first-order chi connectivity index (χ1) is 10.2. The van der Waals surface area contributed by atoms with E-state index < -0.39 is 0 Å². The number of hydrogen-bond acceptors (Lipinski definition) is 4. The molecule has 21 heavy (non-hydrogen) atoms. The van der Waals surface area contributed by atoms with Gasteiger partial charge in [0.15, 0.2) is 0 Å². The van der Waals surface area contributed by atoms with Crippen LogP contribution in [0, 0.1) is 11.8 Å². The molecule has 0 radical (unpaired) electrons. The van der Waals surface area contributed by atoms with Crippen molar-refractivity contribution in [2.75, 3.05) is 13.2 Å². The van der Waals surface area contributed by atoms with Crippen LogP contribution in [0.15, 0.2) is 23.8 Å². The summed E-state index contributed by atoms with van der Waals surface area (Å²) in [7, 11) is 1.87. The van der Waals surface area contributed by atoms with Gasteiger partial charge in [-0.05, 0) is 18.1 Å². The second-order valence-corrected chi connectivity index (χ2v) is 5.41. The molecule has 0 saturated heterocycles. The minimum absolute atomic E-state index is 0.0556. The highest BCUT2D eigenvalue weighted by molar-refractivity contribution is 7.10. The molecule has 0 aliphatic rings. The molecule has 2 heterocycles. The molecule has 0 aliphatic heterocycles. The zero-order valence-electron chi connectivity index (χ0n) is 11.8. The Morgan fingerprint density at radius 1 is 1.57 bits per heavy atom. The third-order valence-electron chi connectivity index (χ3n) is 2.77. The molecule has 0 fully saturated rings. The number of amides is 1. The van der Waals surface area contributed by atoms with Gasteiger partial charge in [-0.2, -0.15) is 5.10 Å². The summed E-state index contributed by atoms with van der Waals surface area (Å²) < 4.78 is 1.74. The summed E-state index contributed by atoms with van der Waals surface area (Å²) in [6, 6.07) is 1.77. The number of carbonyl (C=O) groups excluding carboxylic acids is 1. The van der Waals surface area contributed by atoms with Crippen molar-refractivity contribution in [3.8, 4) is 11.8 Å². The van der Waals surface area contributed by atoms with Crippen molar-refractivity contribution >= 4 is 17.2 Å². The van der Waals surface area contributed by atoms with Gasteiger partial charge in [0.05, 0.1) is 23.2 Å². The Hall–Kier alpha value is -2.10. The lowest BCUT2D eigenvalue weighted by Crippen LogP contribution is -2.25. The molecule has 0 aromatic carbocycles. The van der Waals surface area contributed by atoms with Crippen LogP contribution in [0.3, 0.4) is 0 Å². The number of thiophene rings is 1. The molecule has 2 N–H and O–H groups in total. The fraction of sp³-hybridized carbons (Fsp3) is 0.333. The molecule has 0 saturated carbocycles. The van der Waals surface area contributed by atoms with Gasteiger partial charge in [0, 0.05) is 31.6 Å². The molecule has 2 aromatic heterocycles. The van der Waals surface area contributed by atoms with Gasteiger partial charge in [-0.15, -0.1) is 11.3 Å². The summed E-state index contributed by atoms with van der Waals surface area (Å²) in [6.07, 6.45) is 4.94. The number of rotatable bonds is 5. The molecule has 2 rings (SSSR count). The van der Waals surface area contributed by atoms with Crippen LogP contribution in [0.2, 0.25) is 0 Å². The number of aliphatic hydroxyl groups excluding tert-OH is 1. The van der Waals surface area contributed by atoms with E-state index in [1.54, 1.807) is 22.3 Å². The largest absolute Gasteiger partial charge is 0.395 e. The molecule has 110 valence electrons. The van der Waals surface area contributed by atoms with Crippen LogP contribution in [0.5, 0.6) is 0 Å². The highest BCUT2D eigenvalue weighted by atomic mass is 32.1. The predicted molar refractivity (Wildman–Crippen MR) is 82.1 cm³/mol. The normalized spacial score (nSPS) is 10.0. The average Bonchev–Trinajstić information content (AvgIpc) is 3.08. The average molecular weight is 303 g/mol. The van der Waals surface area contributed by atoms with Crippen LogP contribution in [-0.4, -0.2) is 33.9 Å². The highest BCUT2D eigenvalue weighted by Crippen LogP contribution is 2.13. The zero-order valence-corrected chi connectivity index (χ0v) is 12.6. The second kappa shape index (κ2) is 7.62. The van der Waals surface area contributed by atoms with Crippen molar-refractivity contribution in [2.24, 2.45) is 7.05 Å². The van der Waals surface area contributed by atoms with Crippen LogP contribution in [0.1, 0.15) is 27.2 Å². The van der Waals surface area contributed by atoms with E-state index in [0.29, 0.717) is 18.5 Å². The van der Waals surface area contributed by atoms with Gasteiger partial charge in [-0.3, -0.25) is 9.48 Å². The Balaban J connectivity index is 1.82. The summed E-state index contributed by atoms with van der Waals surface area (Å²) in [6.45, 7) is 0.631. The number of aromatic nitrogens is 2. The van der Waals surface area contributed by atoms with Gasteiger partial charge < -0.3 is 10.4 Å². The van der Waals surface area contributed by atoms with Gasteiger partial charge >= 0.3 is 0 Å². The Morgan fingerprint density at radius 3 is 3.14 bits per heavy atom. The fourth-order valence-electron chi connectivity index (χ4n) is 1.75. The van der Waals surface area contributed by atoms with E-state index in [2.05, 4.69) is 22.3 Å². The van der Waals surface area contributed by atoms with Crippen molar-refractivity contribution < 1.29 is 9.90 Å². The van der Waals surface area contributed by atoms with Crippen molar-refractivity contribution in [3.63, 3.8) is 0 Å². The second-order valence-electron chi connectivity index (χ2n) is 4.50. The van der Waals surface area contributed by atoms with Gasteiger partial charge in [-0.1, -0.05) is 11.8 Å². The molecule has 1 amide bonds. The van der Waals surface area contributed by atoms with Crippen molar-refractivity contribution in [1.29, 1.82) is 0 Å². The lowest BCUT2D eigenvalue weighted by Gasteiger charge is -2.01. The van der Waals surface area contributed by atoms with Crippen LogP contribution in [-0.2, 0) is 13.5 Å². The van der Waals surface area contributed by atoms with E-state index in [1.165, 1.54) is 11.3 Å². The monoisotopic (exact) mass is 303 g/mol. The maximum Gasteiger partial charge on any atom is 0.252 e. The predicted octanol–water partition coefficient (Wildman–Crippen LogP) is 1.19. The standard InChI is InChI=1S/C15H17N3O2S/c1-18-10-12(9-17-18)5-6-16-15(20)13-8-14(21-11-13)4-2-3-7-19/h8-11,19H,3,5-7H2,1H3,(H,16,20). The molecule has 0 atom stereocenters. The molecule has 0 unspecified atom stereocenters. The van der Waals surface area contributed by atoms with E-state index in [1.807, 2.05) is 13.2 Å². The minimum atomic E-state index is -0.0923. The van der Waals surface area contributed by atoms with E-state index in [0.717, 1.165) is 16.9 Å². The number of carbonyl (C=O) groups is 1. The molecule has 0 bridgehead atoms. The van der Waals surface area contributed by atoms with Gasteiger partial charge in [0.2, 0.25) is 0 Å². The molecule has 6 heteroatoms. The van der Waals surface area contributed by atoms with Crippen molar-refractivity contribution in [3.05, 3.63) is 39.8 Å². The lowest BCUT2D eigenvalue weighted by atomic mass is 10.2. The topological polar surface area (TPSA) is 67.2 Å². The fourth-order valence-corrected chi connectivity index (χ4v) is 2.50. The maximum absolute atomic E-state index is 12.0. The van der Waals surface area contributed by atoms with Crippen LogP contribution in [0.4, 0.5) is 0 Å². The number of nitrogens with zero attached hydrogens (tertiary/aromatic N) is 2. The molecule has 0 spiro atoms. The van der Waals surface area contributed by atoms with Gasteiger partial charge in [-0.25, -0.2) is 0 Å². The summed E-state index contributed by atoms with van der Waals surface area (Å²) in [5.41, 5.74) is 1.72. The van der Waals surface area contributed by atoms with E-state index in [4.69, 9.17) is 5.11 Å². The third kappa shape index (κ3) is 4.74. The zero-order chi connectivity index (χ0) is 15.1. The molecular weight excluding hydrogens is 286 g/mol.